The van der Waals surface area contributed by atoms with Crippen LogP contribution in [0.2, 0.25) is 0 Å². The summed E-state index contributed by atoms with van der Waals surface area (Å²) in [4.78, 5) is 53.2. The molecule has 0 unspecified atom stereocenters. The topological polar surface area (TPSA) is 190 Å². The molecular formula is C29H29N3O8. The zero-order valence-electron chi connectivity index (χ0n) is 21.8. The van der Waals surface area contributed by atoms with Crippen LogP contribution in [0.1, 0.15) is 33.5 Å². The van der Waals surface area contributed by atoms with Crippen molar-refractivity contribution in [1.29, 1.82) is 0 Å². The number of phenols is 1. The maximum Gasteiger partial charge on any atom is 0.255 e. The second kappa shape index (κ2) is 9.61. The third-order valence-electron chi connectivity index (χ3n) is 8.18. The molecule has 3 aliphatic carbocycles. The monoisotopic (exact) mass is 547 g/mol. The van der Waals surface area contributed by atoms with Gasteiger partial charge in [-0.05, 0) is 62.2 Å². The maximum absolute atomic E-state index is 13.9. The summed E-state index contributed by atoms with van der Waals surface area (Å²) in [7, 11) is 3.08. The van der Waals surface area contributed by atoms with Gasteiger partial charge in [0.25, 0.3) is 11.8 Å². The van der Waals surface area contributed by atoms with Crippen LogP contribution in [0.15, 0.2) is 59.4 Å². The number of primary amides is 1. The number of nitrogens with one attached hydrogen (secondary N) is 1. The highest BCUT2D eigenvalue weighted by molar-refractivity contribution is 6.24. The fraction of sp³-hybridized carbons (Fsp3) is 0.310. The number of amides is 2. The van der Waals surface area contributed by atoms with Gasteiger partial charge < -0.3 is 31.5 Å². The molecule has 11 nitrogen and oxygen atoms in total. The molecule has 2 aromatic rings. The van der Waals surface area contributed by atoms with Crippen molar-refractivity contribution in [3.63, 3.8) is 0 Å². The number of Topliss-reactive ketones (excluding diaryl/α,β-unsaturated/α-hetero) is 2. The van der Waals surface area contributed by atoms with E-state index in [-0.39, 0.29) is 42.2 Å². The van der Waals surface area contributed by atoms with Crippen LogP contribution >= 0.6 is 0 Å². The van der Waals surface area contributed by atoms with Crippen molar-refractivity contribution in [3.8, 4) is 5.75 Å². The average Bonchev–Trinajstić information content (AvgIpc) is 2.90. The Bertz CT molecular complexity index is 1530. The second-order valence-corrected chi connectivity index (χ2v) is 10.6. The van der Waals surface area contributed by atoms with Crippen LogP contribution in [0, 0.1) is 11.8 Å². The maximum atomic E-state index is 13.9. The van der Waals surface area contributed by atoms with E-state index in [1.165, 1.54) is 11.0 Å². The standard InChI is InChI=1S/C29H29N3O8/c1-32(2)22-17-11-15-10-16-14(12-31-28(39)13-6-4-3-5-7-13)8-9-18(33)20(16)23(34)19(15)25(36)29(17,40)26(37)21(24(22)35)27(30)38/h3-9,15,17,22,33-34,37,40H,10-12H2,1-2H3,(H2,30,38)(H,31,39)/t15-,17-,22-,29-/m0/s1. The molecule has 2 aromatic carbocycles. The molecule has 1 fully saturated rings. The van der Waals surface area contributed by atoms with Crippen molar-refractivity contribution in [1.82, 2.24) is 10.2 Å². The lowest BCUT2D eigenvalue weighted by atomic mass is 9.57. The first-order chi connectivity index (χ1) is 18.9. The predicted octanol–water partition coefficient (Wildman–Crippen LogP) is 0.894. The Kier molecular flexibility index (Phi) is 6.51. The first kappa shape index (κ1) is 27.1. The normalized spacial score (nSPS) is 25.9. The summed E-state index contributed by atoms with van der Waals surface area (Å²) in [5, 5.41) is 47.4. The third-order valence-corrected chi connectivity index (χ3v) is 8.18. The minimum atomic E-state index is -2.69. The van der Waals surface area contributed by atoms with E-state index in [0.29, 0.717) is 16.7 Å². The molecule has 7 N–H and O–H groups in total. The molecule has 3 aliphatic rings. The Morgan fingerprint density at radius 2 is 1.75 bits per heavy atom. The Hall–Kier alpha value is -4.48. The number of carbonyl (C=O) groups is 4. The van der Waals surface area contributed by atoms with Gasteiger partial charge in [0.1, 0.15) is 22.8 Å². The van der Waals surface area contributed by atoms with E-state index >= 15 is 0 Å². The molecule has 4 atom stereocenters. The average molecular weight is 548 g/mol. The third kappa shape index (κ3) is 3.89. The van der Waals surface area contributed by atoms with Crippen LogP contribution in [0.5, 0.6) is 5.75 Å². The van der Waals surface area contributed by atoms with Crippen LogP contribution in [-0.4, -0.2) is 74.4 Å². The summed E-state index contributed by atoms with van der Waals surface area (Å²) in [6, 6.07) is 10.4. The van der Waals surface area contributed by atoms with Crippen LogP contribution in [0.4, 0.5) is 0 Å². The number of aromatic hydroxyl groups is 1. The summed E-state index contributed by atoms with van der Waals surface area (Å²) in [5.41, 5.74) is 3.08. The number of rotatable bonds is 5. The smallest absolute Gasteiger partial charge is 0.255 e. The summed E-state index contributed by atoms with van der Waals surface area (Å²) in [5.74, 6) is -7.39. The predicted molar refractivity (Wildman–Crippen MR) is 142 cm³/mol. The van der Waals surface area contributed by atoms with Crippen molar-refractivity contribution in [2.24, 2.45) is 17.6 Å². The molecule has 0 aromatic heterocycles. The van der Waals surface area contributed by atoms with Crippen LogP contribution < -0.4 is 11.1 Å². The molecule has 0 bridgehead atoms. The zero-order valence-corrected chi connectivity index (χ0v) is 21.8. The Balaban J connectivity index is 1.59. The number of likely N-dealkylation sites (N-methyl/N-ethyl adjacent to an activating group) is 1. The van der Waals surface area contributed by atoms with Gasteiger partial charge >= 0.3 is 0 Å². The fourth-order valence-corrected chi connectivity index (χ4v) is 6.34. The lowest BCUT2D eigenvalue weighted by Gasteiger charge is -2.50. The number of nitrogens with zero attached hydrogens (tertiary/aromatic N) is 1. The van der Waals surface area contributed by atoms with Gasteiger partial charge in [-0.15, -0.1) is 0 Å². The SMILES string of the molecule is CN(C)[C@@H]1C(=O)C(C(N)=O)=C(O)[C@@]2(O)C(=O)C3=C(O)c4c(O)ccc(CNC(=O)c5ccccc5)c4C[C@H]3C[C@@H]12. The van der Waals surface area contributed by atoms with Crippen molar-refractivity contribution in [2.75, 3.05) is 14.1 Å². The van der Waals surface area contributed by atoms with E-state index in [9.17, 15) is 39.6 Å². The minimum absolute atomic E-state index is 0.0166. The number of fused-ring (bicyclic) bond motifs is 3. The van der Waals surface area contributed by atoms with Gasteiger partial charge in [-0.3, -0.25) is 24.1 Å². The van der Waals surface area contributed by atoms with E-state index in [1.807, 2.05) is 0 Å². The number of ketones is 2. The molecule has 0 radical (unpaired) electrons. The highest BCUT2D eigenvalue weighted by Gasteiger charge is 2.64. The van der Waals surface area contributed by atoms with Gasteiger partial charge in [-0.2, -0.15) is 0 Å². The molecular weight excluding hydrogens is 518 g/mol. The van der Waals surface area contributed by atoms with E-state index in [0.717, 1.165) is 0 Å². The summed E-state index contributed by atoms with van der Waals surface area (Å²) in [6.45, 7) is 0.0668. The largest absolute Gasteiger partial charge is 0.508 e. The first-order valence-electron chi connectivity index (χ1n) is 12.7. The molecule has 5 rings (SSSR count). The number of carbonyl (C=O) groups excluding carboxylic acids is 4. The van der Waals surface area contributed by atoms with Gasteiger partial charge in [0.2, 0.25) is 5.78 Å². The summed E-state index contributed by atoms with van der Waals surface area (Å²) < 4.78 is 0. The van der Waals surface area contributed by atoms with Gasteiger partial charge in [0.15, 0.2) is 11.4 Å². The number of aliphatic hydroxyl groups is 3. The minimum Gasteiger partial charge on any atom is -0.508 e. The van der Waals surface area contributed by atoms with Crippen molar-refractivity contribution >= 4 is 29.1 Å². The van der Waals surface area contributed by atoms with Gasteiger partial charge in [0.05, 0.1) is 11.6 Å². The number of nitrogens with two attached hydrogens (primary N) is 1. The molecule has 1 saturated carbocycles. The highest BCUT2D eigenvalue weighted by Crippen LogP contribution is 2.52. The van der Waals surface area contributed by atoms with E-state index in [1.54, 1.807) is 50.5 Å². The first-order valence-corrected chi connectivity index (χ1v) is 12.7. The lowest BCUT2D eigenvalue weighted by Crippen LogP contribution is -2.65. The van der Waals surface area contributed by atoms with E-state index in [4.69, 9.17) is 5.73 Å². The van der Waals surface area contributed by atoms with Crippen molar-refractivity contribution < 1.29 is 39.6 Å². The Morgan fingerprint density at radius 3 is 2.38 bits per heavy atom. The molecule has 0 saturated heterocycles. The zero-order chi connectivity index (χ0) is 29.1. The molecule has 11 heteroatoms. The van der Waals surface area contributed by atoms with Crippen LogP contribution in [-0.2, 0) is 27.3 Å². The number of hydrogen-bond donors (Lipinski definition) is 6. The lowest BCUT2D eigenvalue weighted by molar-refractivity contribution is -0.153. The highest BCUT2D eigenvalue weighted by atomic mass is 16.3. The number of hydrogen-bond acceptors (Lipinski definition) is 9. The van der Waals surface area contributed by atoms with E-state index in [2.05, 4.69) is 5.32 Å². The Labute approximate surface area is 229 Å². The summed E-state index contributed by atoms with van der Waals surface area (Å²) >= 11 is 0. The number of aliphatic hydroxyl groups excluding tert-OH is 2. The van der Waals surface area contributed by atoms with Gasteiger partial charge in [0, 0.05) is 23.6 Å². The van der Waals surface area contributed by atoms with Gasteiger partial charge in [-0.1, -0.05) is 24.3 Å². The molecule has 2 amide bonds. The van der Waals surface area contributed by atoms with Crippen molar-refractivity contribution in [2.45, 2.75) is 31.0 Å². The molecule has 40 heavy (non-hydrogen) atoms. The molecule has 0 spiro atoms. The van der Waals surface area contributed by atoms with Crippen molar-refractivity contribution in [3.05, 3.63) is 81.6 Å². The van der Waals surface area contributed by atoms with Crippen LogP contribution in [0.25, 0.3) is 5.76 Å². The molecule has 0 heterocycles. The van der Waals surface area contributed by atoms with Gasteiger partial charge in [-0.25, -0.2) is 0 Å². The van der Waals surface area contributed by atoms with Crippen LogP contribution in [0.3, 0.4) is 0 Å². The molecule has 208 valence electrons. The number of phenolic OH excluding ortho intramolecular Hbond substituents is 1. The van der Waals surface area contributed by atoms with E-state index < -0.39 is 58.0 Å². The second-order valence-electron chi connectivity index (χ2n) is 10.6. The molecule has 0 aliphatic heterocycles. The number of benzene rings is 2. The fourth-order valence-electron chi connectivity index (χ4n) is 6.34. The quantitative estimate of drug-likeness (QED) is 0.295. The summed E-state index contributed by atoms with van der Waals surface area (Å²) in [6.07, 6.45) is 0.122. The Morgan fingerprint density at radius 1 is 1.07 bits per heavy atom.